The molecule has 1 heterocycles. The van der Waals surface area contributed by atoms with Gasteiger partial charge in [0.25, 0.3) is 0 Å². The minimum atomic E-state index is 0.641. The Morgan fingerprint density at radius 1 is 1.27 bits per heavy atom. The maximum atomic E-state index is 5.50. The van der Waals surface area contributed by atoms with Crippen molar-refractivity contribution < 1.29 is 9.47 Å². The Bertz CT molecular complexity index is 134. The fourth-order valence-electron chi connectivity index (χ4n) is 1.79. The number of rotatable bonds is 7. The Labute approximate surface area is 93.5 Å². The smallest absolute Gasteiger partial charge is 0.0591 e. The molecule has 0 aliphatic carbocycles. The van der Waals surface area contributed by atoms with Crippen LogP contribution in [0.3, 0.4) is 0 Å². The maximum Gasteiger partial charge on any atom is 0.0591 e. The molecular weight excluding hydrogens is 190 g/mol. The fourth-order valence-corrected chi connectivity index (χ4v) is 1.79. The first-order valence-corrected chi connectivity index (χ1v) is 6.32. The number of ether oxygens (including phenoxy) is 2. The highest BCUT2D eigenvalue weighted by atomic mass is 16.5. The minimum absolute atomic E-state index is 0.641. The molecule has 0 radical (unpaired) electrons. The van der Waals surface area contributed by atoms with Crippen LogP contribution in [0.25, 0.3) is 0 Å². The van der Waals surface area contributed by atoms with Crippen molar-refractivity contribution in [2.24, 2.45) is 0 Å². The summed E-state index contributed by atoms with van der Waals surface area (Å²) in [7, 11) is 0. The molecule has 1 aliphatic heterocycles. The van der Waals surface area contributed by atoms with Crippen molar-refractivity contribution in [3.8, 4) is 0 Å². The van der Waals surface area contributed by atoms with Crippen LogP contribution in [0.15, 0.2) is 0 Å². The Morgan fingerprint density at radius 2 is 2.20 bits per heavy atom. The molecule has 15 heavy (non-hydrogen) atoms. The van der Waals surface area contributed by atoms with E-state index in [0.717, 1.165) is 39.4 Å². The van der Waals surface area contributed by atoms with Gasteiger partial charge in [-0.15, -0.1) is 0 Å². The van der Waals surface area contributed by atoms with Gasteiger partial charge in [0.2, 0.25) is 0 Å². The van der Waals surface area contributed by atoms with Gasteiger partial charge >= 0.3 is 0 Å². The van der Waals surface area contributed by atoms with Crippen LogP contribution >= 0.6 is 0 Å². The van der Waals surface area contributed by atoms with Gasteiger partial charge in [-0.2, -0.15) is 0 Å². The third kappa shape index (κ3) is 6.88. The molecule has 1 rings (SSSR count). The average molecular weight is 215 g/mol. The quantitative estimate of drug-likeness (QED) is 0.659. The lowest BCUT2D eigenvalue weighted by atomic mass is 10.1. The van der Waals surface area contributed by atoms with Gasteiger partial charge in [0.15, 0.2) is 0 Å². The van der Waals surface area contributed by atoms with Gasteiger partial charge in [-0.3, -0.25) is 0 Å². The first kappa shape index (κ1) is 12.9. The van der Waals surface area contributed by atoms with Crippen LogP contribution in [0.1, 0.15) is 39.0 Å². The van der Waals surface area contributed by atoms with E-state index in [9.17, 15) is 0 Å². The summed E-state index contributed by atoms with van der Waals surface area (Å²) >= 11 is 0. The van der Waals surface area contributed by atoms with Crippen LogP contribution in [-0.2, 0) is 9.47 Å². The highest BCUT2D eigenvalue weighted by Gasteiger charge is 2.10. The Balaban J connectivity index is 1.89. The van der Waals surface area contributed by atoms with Gasteiger partial charge in [0.05, 0.1) is 6.61 Å². The molecule has 0 spiro atoms. The highest BCUT2D eigenvalue weighted by molar-refractivity contribution is 4.68. The van der Waals surface area contributed by atoms with Gasteiger partial charge < -0.3 is 14.8 Å². The zero-order valence-electron chi connectivity index (χ0n) is 9.96. The summed E-state index contributed by atoms with van der Waals surface area (Å²) in [6, 6.07) is 0.641. The van der Waals surface area contributed by atoms with Crippen LogP contribution in [-0.4, -0.2) is 39.0 Å². The molecule has 1 unspecified atom stereocenters. The molecule has 3 heteroatoms. The first-order valence-electron chi connectivity index (χ1n) is 6.32. The number of nitrogens with one attached hydrogen (secondary N) is 1. The summed E-state index contributed by atoms with van der Waals surface area (Å²) in [6.07, 6.45) is 5.98. The molecule has 1 fully saturated rings. The van der Waals surface area contributed by atoms with Crippen molar-refractivity contribution in [1.29, 1.82) is 0 Å². The predicted molar refractivity (Wildman–Crippen MR) is 62.2 cm³/mol. The van der Waals surface area contributed by atoms with E-state index in [-0.39, 0.29) is 0 Å². The lowest BCUT2D eigenvalue weighted by Crippen LogP contribution is -2.32. The van der Waals surface area contributed by atoms with Crippen molar-refractivity contribution in [3.05, 3.63) is 0 Å². The number of unbranched alkanes of at least 4 members (excludes halogenated alkanes) is 1. The molecule has 1 atom stereocenters. The minimum Gasteiger partial charge on any atom is -0.381 e. The summed E-state index contributed by atoms with van der Waals surface area (Å²) in [4.78, 5) is 0. The lowest BCUT2D eigenvalue weighted by Gasteiger charge is -2.15. The normalized spacial score (nSPS) is 22.6. The van der Waals surface area contributed by atoms with Gasteiger partial charge in [-0.05, 0) is 25.7 Å². The summed E-state index contributed by atoms with van der Waals surface area (Å²) < 4.78 is 10.9. The van der Waals surface area contributed by atoms with Crippen molar-refractivity contribution in [2.45, 2.75) is 45.1 Å². The third-order valence-electron chi connectivity index (χ3n) is 2.77. The van der Waals surface area contributed by atoms with Gasteiger partial charge in [0.1, 0.15) is 0 Å². The van der Waals surface area contributed by atoms with Crippen LogP contribution in [0.5, 0.6) is 0 Å². The van der Waals surface area contributed by atoms with E-state index in [0.29, 0.717) is 6.04 Å². The monoisotopic (exact) mass is 215 g/mol. The first-order chi connectivity index (χ1) is 7.43. The Hall–Kier alpha value is -0.120. The Morgan fingerprint density at radius 3 is 3.07 bits per heavy atom. The summed E-state index contributed by atoms with van der Waals surface area (Å²) in [5.74, 6) is 0. The van der Waals surface area contributed by atoms with Gasteiger partial charge in [-0.25, -0.2) is 0 Å². The molecule has 90 valence electrons. The second-order valence-electron chi connectivity index (χ2n) is 4.16. The van der Waals surface area contributed by atoms with Crippen molar-refractivity contribution >= 4 is 0 Å². The van der Waals surface area contributed by atoms with E-state index >= 15 is 0 Å². The van der Waals surface area contributed by atoms with E-state index in [1.54, 1.807) is 0 Å². The highest BCUT2D eigenvalue weighted by Crippen LogP contribution is 2.07. The molecule has 3 nitrogen and oxygen atoms in total. The lowest BCUT2D eigenvalue weighted by molar-refractivity contribution is 0.128. The second-order valence-corrected chi connectivity index (χ2v) is 4.16. The largest absolute Gasteiger partial charge is 0.381 e. The van der Waals surface area contributed by atoms with E-state index < -0.39 is 0 Å². The average Bonchev–Trinajstić information content (AvgIpc) is 2.52. The van der Waals surface area contributed by atoms with E-state index in [2.05, 4.69) is 12.2 Å². The molecule has 0 aromatic heterocycles. The van der Waals surface area contributed by atoms with E-state index in [1.807, 2.05) is 0 Å². The Kier molecular flexibility index (Phi) is 7.88. The van der Waals surface area contributed by atoms with Crippen LogP contribution in [0.2, 0.25) is 0 Å². The molecule has 1 N–H and O–H groups in total. The zero-order valence-corrected chi connectivity index (χ0v) is 9.96. The number of hydrogen-bond acceptors (Lipinski definition) is 3. The summed E-state index contributed by atoms with van der Waals surface area (Å²) in [5, 5.41) is 3.53. The predicted octanol–water partition coefficient (Wildman–Crippen LogP) is 1.96. The van der Waals surface area contributed by atoms with Gasteiger partial charge in [0, 0.05) is 32.4 Å². The molecule has 0 saturated carbocycles. The third-order valence-corrected chi connectivity index (χ3v) is 2.77. The van der Waals surface area contributed by atoms with Crippen molar-refractivity contribution in [3.63, 3.8) is 0 Å². The fraction of sp³-hybridized carbons (Fsp3) is 1.00. The molecule has 0 aromatic carbocycles. The van der Waals surface area contributed by atoms with E-state index in [1.165, 1.54) is 25.7 Å². The van der Waals surface area contributed by atoms with E-state index in [4.69, 9.17) is 9.47 Å². The number of hydrogen-bond donors (Lipinski definition) is 1. The molecule has 0 aromatic rings. The van der Waals surface area contributed by atoms with Crippen LogP contribution < -0.4 is 5.32 Å². The molecule has 0 bridgehead atoms. The van der Waals surface area contributed by atoms with Crippen LogP contribution in [0.4, 0.5) is 0 Å². The topological polar surface area (TPSA) is 30.5 Å². The van der Waals surface area contributed by atoms with Crippen LogP contribution in [0, 0.1) is 0 Å². The maximum absolute atomic E-state index is 5.50. The summed E-state index contributed by atoms with van der Waals surface area (Å²) in [5.41, 5.74) is 0. The molecule has 1 saturated heterocycles. The molecule has 1 aliphatic rings. The SMILES string of the molecule is CCCCOCCNC1CCCOCC1. The molecular formula is C12H25NO2. The van der Waals surface area contributed by atoms with Crippen molar-refractivity contribution in [2.75, 3.05) is 33.0 Å². The standard InChI is InChI=1S/C12H25NO2/c1-2-3-8-15-11-7-13-12-5-4-9-14-10-6-12/h12-13H,2-11H2,1H3. The zero-order chi connectivity index (χ0) is 10.8. The van der Waals surface area contributed by atoms with Crippen molar-refractivity contribution in [1.82, 2.24) is 5.32 Å². The second kappa shape index (κ2) is 9.13. The summed E-state index contributed by atoms with van der Waals surface area (Å²) in [6.45, 7) is 6.77. The molecule has 0 amide bonds. The van der Waals surface area contributed by atoms with Gasteiger partial charge in [-0.1, -0.05) is 13.3 Å².